The van der Waals surface area contributed by atoms with Crippen molar-refractivity contribution in [3.8, 4) is 0 Å². The standard InChI is InChI=1S/C14H24N2O3/c1-4-7-15(9(2)3)14(19)16-10-5-6-12(16)11(8-10)13(17)18/h9-12H,4-8H2,1-3H3,(H,17,18). The van der Waals surface area contributed by atoms with E-state index in [2.05, 4.69) is 6.92 Å². The van der Waals surface area contributed by atoms with Gasteiger partial charge in [0.15, 0.2) is 0 Å². The molecule has 3 atom stereocenters. The summed E-state index contributed by atoms with van der Waals surface area (Å²) in [4.78, 5) is 27.6. The zero-order valence-electron chi connectivity index (χ0n) is 12.0. The summed E-state index contributed by atoms with van der Waals surface area (Å²) in [5.74, 6) is -1.12. The Hall–Kier alpha value is -1.26. The number of fused-ring (bicyclic) bond motifs is 2. The van der Waals surface area contributed by atoms with Gasteiger partial charge < -0.3 is 14.9 Å². The molecule has 2 rings (SSSR count). The molecule has 2 amide bonds. The Bertz CT molecular complexity index is 370. The molecule has 108 valence electrons. The highest BCUT2D eigenvalue weighted by atomic mass is 16.4. The van der Waals surface area contributed by atoms with Crippen LogP contribution in [-0.4, -0.2) is 51.6 Å². The summed E-state index contributed by atoms with van der Waals surface area (Å²) in [6.07, 6.45) is 3.35. The van der Waals surface area contributed by atoms with Crippen molar-refractivity contribution in [2.24, 2.45) is 5.92 Å². The van der Waals surface area contributed by atoms with Gasteiger partial charge in [0.1, 0.15) is 0 Å². The highest BCUT2D eigenvalue weighted by molar-refractivity contribution is 5.79. The smallest absolute Gasteiger partial charge is 0.320 e. The maximum Gasteiger partial charge on any atom is 0.320 e. The maximum atomic E-state index is 12.7. The molecule has 1 N–H and O–H groups in total. The molecule has 5 nitrogen and oxygen atoms in total. The van der Waals surface area contributed by atoms with E-state index in [1.165, 1.54) is 0 Å². The minimum Gasteiger partial charge on any atom is -0.481 e. The first-order valence-electron chi connectivity index (χ1n) is 7.29. The predicted octanol–water partition coefficient (Wildman–Crippen LogP) is 2.16. The fraction of sp³-hybridized carbons (Fsp3) is 0.857. The van der Waals surface area contributed by atoms with E-state index in [1.54, 1.807) is 0 Å². The molecule has 2 heterocycles. The first-order chi connectivity index (χ1) is 8.97. The zero-order valence-corrected chi connectivity index (χ0v) is 12.0. The molecular formula is C14H24N2O3. The lowest BCUT2D eigenvalue weighted by molar-refractivity contribution is -0.142. The van der Waals surface area contributed by atoms with Crippen LogP contribution >= 0.6 is 0 Å². The number of hydrogen-bond acceptors (Lipinski definition) is 2. The molecular weight excluding hydrogens is 244 g/mol. The van der Waals surface area contributed by atoms with Crippen molar-refractivity contribution < 1.29 is 14.7 Å². The van der Waals surface area contributed by atoms with Gasteiger partial charge in [-0.3, -0.25) is 4.79 Å². The number of urea groups is 1. The van der Waals surface area contributed by atoms with Gasteiger partial charge >= 0.3 is 12.0 Å². The lowest BCUT2D eigenvalue weighted by Crippen LogP contribution is -2.49. The van der Waals surface area contributed by atoms with Crippen LogP contribution in [0.4, 0.5) is 4.79 Å². The van der Waals surface area contributed by atoms with Crippen LogP contribution in [0.2, 0.25) is 0 Å². The first-order valence-corrected chi connectivity index (χ1v) is 7.29. The Balaban J connectivity index is 2.13. The number of nitrogens with zero attached hydrogens (tertiary/aromatic N) is 2. The van der Waals surface area contributed by atoms with E-state index in [0.717, 1.165) is 25.8 Å². The molecule has 5 heteroatoms. The largest absolute Gasteiger partial charge is 0.481 e. The third kappa shape index (κ3) is 2.42. The molecule has 2 aliphatic rings. The van der Waals surface area contributed by atoms with E-state index in [1.807, 2.05) is 23.6 Å². The number of carbonyl (C=O) groups is 2. The summed E-state index contributed by atoms with van der Waals surface area (Å²) in [6, 6.07) is 0.244. The SMILES string of the molecule is CCCN(C(=O)N1C2CCC1C(C(=O)O)C2)C(C)C. The van der Waals surface area contributed by atoms with Crippen LogP contribution in [0.5, 0.6) is 0 Å². The van der Waals surface area contributed by atoms with Gasteiger partial charge in [-0.2, -0.15) is 0 Å². The van der Waals surface area contributed by atoms with Gasteiger partial charge in [0.25, 0.3) is 0 Å². The molecule has 0 radical (unpaired) electrons. The fourth-order valence-corrected chi connectivity index (χ4v) is 3.52. The zero-order chi connectivity index (χ0) is 14.2. The quantitative estimate of drug-likeness (QED) is 0.850. The second-order valence-corrected chi connectivity index (χ2v) is 5.96. The third-order valence-corrected chi connectivity index (χ3v) is 4.41. The molecule has 0 saturated carbocycles. The van der Waals surface area contributed by atoms with E-state index in [0.29, 0.717) is 6.42 Å². The van der Waals surface area contributed by atoms with Crippen molar-refractivity contribution in [3.63, 3.8) is 0 Å². The topological polar surface area (TPSA) is 60.9 Å². The number of carboxylic acid groups (broad SMARTS) is 1. The minimum absolute atomic E-state index is 0.0353. The Morgan fingerprint density at radius 2 is 2.05 bits per heavy atom. The summed E-state index contributed by atoms with van der Waals surface area (Å²) in [7, 11) is 0. The van der Waals surface area contributed by atoms with E-state index in [-0.39, 0.29) is 30.1 Å². The summed E-state index contributed by atoms with van der Waals surface area (Å²) < 4.78 is 0. The normalized spacial score (nSPS) is 29.1. The molecule has 2 bridgehead atoms. The Kier molecular flexibility index (Phi) is 4.02. The summed E-state index contributed by atoms with van der Waals surface area (Å²) >= 11 is 0. The number of rotatable bonds is 4. The summed E-state index contributed by atoms with van der Waals surface area (Å²) in [6.45, 7) is 6.83. The van der Waals surface area contributed by atoms with E-state index in [9.17, 15) is 14.7 Å². The fourth-order valence-electron chi connectivity index (χ4n) is 3.52. The van der Waals surface area contributed by atoms with Crippen molar-refractivity contribution in [1.82, 2.24) is 9.80 Å². The Labute approximate surface area is 114 Å². The lowest BCUT2D eigenvalue weighted by atomic mass is 9.89. The molecule has 2 aliphatic heterocycles. The van der Waals surface area contributed by atoms with Crippen LogP contribution in [-0.2, 0) is 4.79 Å². The van der Waals surface area contributed by atoms with Crippen LogP contribution in [0.15, 0.2) is 0 Å². The van der Waals surface area contributed by atoms with Crippen molar-refractivity contribution in [3.05, 3.63) is 0 Å². The van der Waals surface area contributed by atoms with Gasteiger partial charge in [-0.25, -0.2) is 4.79 Å². The number of amides is 2. The second-order valence-electron chi connectivity index (χ2n) is 5.96. The molecule has 3 unspecified atom stereocenters. The van der Waals surface area contributed by atoms with Crippen LogP contribution in [0.25, 0.3) is 0 Å². The predicted molar refractivity (Wildman–Crippen MR) is 71.9 cm³/mol. The molecule has 0 aromatic heterocycles. The molecule has 2 fully saturated rings. The van der Waals surface area contributed by atoms with Crippen LogP contribution in [0, 0.1) is 5.92 Å². The molecule has 0 aromatic rings. The molecule has 19 heavy (non-hydrogen) atoms. The van der Waals surface area contributed by atoms with Crippen molar-refractivity contribution in [2.75, 3.05) is 6.54 Å². The first kappa shape index (κ1) is 14.2. The van der Waals surface area contributed by atoms with Gasteiger partial charge in [0, 0.05) is 24.7 Å². The molecule has 0 spiro atoms. The summed E-state index contributed by atoms with van der Waals surface area (Å²) in [5.41, 5.74) is 0. The van der Waals surface area contributed by atoms with Gasteiger partial charge in [0.05, 0.1) is 5.92 Å². The number of carboxylic acids is 1. The van der Waals surface area contributed by atoms with Crippen LogP contribution < -0.4 is 0 Å². The van der Waals surface area contributed by atoms with E-state index >= 15 is 0 Å². The Morgan fingerprint density at radius 3 is 2.53 bits per heavy atom. The van der Waals surface area contributed by atoms with Gasteiger partial charge in [-0.05, 0) is 39.5 Å². The van der Waals surface area contributed by atoms with Gasteiger partial charge in [0.2, 0.25) is 0 Å². The molecule has 0 aromatic carbocycles. The minimum atomic E-state index is -0.753. The number of carbonyl (C=O) groups excluding carboxylic acids is 1. The van der Waals surface area contributed by atoms with Crippen LogP contribution in [0.1, 0.15) is 46.5 Å². The van der Waals surface area contributed by atoms with Crippen molar-refractivity contribution >= 4 is 12.0 Å². The third-order valence-electron chi connectivity index (χ3n) is 4.41. The van der Waals surface area contributed by atoms with Crippen molar-refractivity contribution in [1.29, 1.82) is 0 Å². The highest BCUT2D eigenvalue weighted by Crippen LogP contribution is 2.42. The van der Waals surface area contributed by atoms with E-state index < -0.39 is 5.97 Å². The second kappa shape index (κ2) is 5.39. The monoisotopic (exact) mass is 268 g/mol. The van der Waals surface area contributed by atoms with Crippen molar-refractivity contribution in [2.45, 2.75) is 64.6 Å². The summed E-state index contributed by atoms with van der Waals surface area (Å²) in [5, 5.41) is 9.23. The molecule has 0 aliphatic carbocycles. The van der Waals surface area contributed by atoms with E-state index in [4.69, 9.17) is 0 Å². The average molecular weight is 268 g/mol. The highest BCUT2D eigenvalue weighted by Gasteiger charge is 2.52. The lowest BCUT2D eigenvalue weighted by Gasteiger charge is -2.33. The number of aliphatic carboxylic acids is 1. The number of hydrogen-bond donors (Lipinski definition) is 1. The molecule has 2 saturated heterocycles. The maximum absolute atomic E-state index is 12.7. The average Bonchev–Trinajstić information content (AvgIpc) is 2.92. The Morgan fingerprint density at radius 1 is 1.37 bits per heavy atom. The van der Waals surface area contributed by atoms with Gasteiger partial charge in [-0.1, -0.05) is 6.92 Å². The van der Waals surface area contributed by atoms with Gasteiger partial charge in [-0.15, -0.1) is 0 Å². The van der Waals surface area contributed by atoms with Crippen LogP contribution in [0.3, 0.4) is 0 Å².